The summed E-state index contributed by atoms with van der Waals surface area (Å²) in [5.74, 6) is -0.358. The molecule has 0 N–H and O–H groups in total. The molecule has 6 nitrogen and oxygen atoms in total. The molecule has 0 saturated carbocycles. The maximum absolute atomic E-state index is 13.3. The van der Waals surface area contributed by atoms with Gasteiger partial charge in [-0.05, 0) is 73.5 Å². The number of carbonyl (C=O) groups excluding carboxylic acids is 1. The first-order valence-electron chi connectivity index (χ1n) is 11.2. The van der Waals surface area contributed by atoms with E-state index in [1.807, 2.05) is 13.8 Å². The van der Waals surface area contributed by atoms with Gasteiger partial charge in [-0.3, -0.25) is 4.79 Å². The molecule has 37 heavy (non-hydrogen) atoms. The van der Waals surface area contributed by atoms with Crippen molar-refractivity contribution in [2.75, 3.05) is 7.11 Å². The summed E-state index contributed by atoms with van der Waals surface area (Å²) in [6.07, 6.45) is -4.05. The second-order valence-electron chi connectivity index (χ2n) is 8.25. The van der Waals surface area contributed by atoms with E-state index in [0.29, 0.717) is 23.6 Å². The molecule has 0 saturated heterocycles. The number of carbonyl (C=O) groups is 1. The van der Waals surface area contributed by atoms with Crippen molar-refractivity contribution < 1.29 is 35.3 Å². The van der Waals surface area contributed by atoms with Crippen LogP contribution in [-0.2, 0) is 22.8 Å². The molecule has 0 aromatic heterocycles. The normalized spacial score (nSPS) is 12.6. The van der Waals surface area contributed by atoms with Gasteiger partial charge in [-0.1, -0.05) is 35.0 Å². The zero-order valence-corrected chi connectivity index (χ0v) is 22.7. The van der Waals surface area contributed by atoms with Crippen LogP contribution in [0.5, 0.6) is 11.5 Å². The molecule has 0 aliphatic carbocycles. The molecular formula is C26H25BrF3NO5S. The zero-order valence-electron chi connectivity index (χ0n) is 20.3. The SMILES string of the molecule is CC[C@H](C)N(Cc1ccc(OC)c(OS(=O)(=O)c2cccc(C(F)(F)F)c2)c1)C(=O)c1ccc(Br)cc1. The largest absolute Gasteiger partial charge is 0.493 e. The van der Waals surface area contributed by atoms with Crippen molar-refractivity contribution in [3.8, 4) is 11.5 Å². The number of methoxy groups -OCH3 is 1. The highest BCUT2D eigenvalue weighted by Crippen LogP contribution is 2.34. The Balaban J connectivity index is 1.93. The Labute approximate surface area is 222 Å². The van der Waals surface area contributed by atoms with Crippen LogP contribution in [0.25, 0.3) is 0 Å². The molecule has 1 atom stereocenters. The average molecular weight is 600 g/mol. The van der Waals surface area contributed by atoms with E-state index < -0.39 is 26.8 Å². The summed E-state index contributed by atoms with van der Waals surface area (Å²) in [4.78, 5) is 14.3. The van der Waals surface area contributed by atoms with Crippen LogP contribution < -0.4 is 8.92 Å². The summed E-state index contributed by atoms with van der Waals surface area (Å²) in [6.45, 7) is 3.97. The lowest BCUT2D eigenvalue weighted by atomic mass is 10.1. The van der Waals surface area contributed by atoms with Gasteiger partial charge in [-0.15, -0.1) is 0 Å². The second-order valence-corrected chi connectivity index (χ2v) is 10.7. The monoisotopic (exact) mass is 599 g/mol. The third-order valence-electron chi connectivity index (χ3n) is 5.71. The Kier molecular flexibility index (Phi) is 8.91. The highest BCUT2D eigenvalue weighted by atomic mass is 79.9. The lowest BCUT2D eigenvalue weighted by molar-refractivity contribution is -0.137. The summed E-state index contributed by atoms with van der Waals surface area (Å²) in [5, 5.41) is 0. The predicted molar refractivity (Wildman–Crippen MR) is 136 cm³/mol. The molecule has 0 unspecified atom stereocenters. The minimum absolute atomic E-state index is 0.0635. The van der Waals surface area contributed by atoms with E-state index in [9.17, 15) is 26.4 Å². The second kappa shape index (κ2) is 11.6. The highest BCUT2D eigenvalue weighted by Gasteiger charge is 2.32. The lowest BCUT2D eigenvalue weighted by Crippen LogP contribution is -2.37. The summed E-state index contributed by atoms with van der Waals surface area (Å²) < 4.78 is 76.2. The smallest absolute Gasteiger partial charge is 0.416 e. The summed E-state index contributed by atoms with van der Waals surface area (Å²) >= 11 is 3.35. The fourth-order valence-corrected chi connectivity index (χ4v) is 4.73. The molecule has 0 aliphatic rings. The van der Waals surface area contributed by atoms with Crippen molar-refractivity contribution in [3.05, 3.63) is 87.9 Å². The number of alkyl halides is 3. The highest BCUT2D eigenvalue weighted by molar-refractivity contribution is 9.10. The first-order valence-corrected chi connectivity index (χ1v) is 13.4. The molecule has 0 bridgehead atoms. The van der Waals surface area contributed by atoms with Crippen LogP contribution in [0.4, 0.5) is 13.2 Å². The average Bonchev–Trinajstić information content (AvgIpc) is 2.86. The first kappa shape index (κ1) is 28.5. The van der Waals surface area contributed by atoms with Gasteiger partial charge >= 0.3 is 16.3 Å². The van der Waals surface area contributed by atoms with Gasteiger partial charge < -0.3 is 13.8 Å². The molecule has 3 aromatic carbocycles. The number of nitrogens with zero attached hydrogens (tertiary/aromatic N) is 1. The van der Waals surface area contributed by atoms with Crippen molar-refractivity contribution in [1.82, 2.24) is 4.90 Å². The minimum Gasteiger partial charge on any atom is -0.493 e. The van der Waals surface area contributed by atoms with E-state index in [1.54, 1.807) is 35.2 Å². The van der Waals surface area contributed by atoms with Gasteiger partial charge in [0, 0.05) is 22.6 Å². The molecule has 11 heteroatoms. The summed E-state index contributed by atoms with van der Waals surface area (Å²) in [7, 11) is -3.32. The van der Waals surface area contributed by atoms with E-state index in [0.717, 1.165) is 22.7 Å². The topological polar surface area (TPSA) is 72.9 Å². The van der Waals surface area contributed by atoms with Crippen LogP contribution in [0.3, 0.4) is 0 Å². The van der Waals surface area contributed by atoms with Crippen molar-refractivity contribution in [2.24, 2.45) is 0 Å². The summed E-state index contributed by atoms with van der Waals surface area (Å²) in [6, 6.07) is 14.6. The van der Waals surface area contributed by atoms with E-state index in [2.05, 4.69) is 15.9 Å². The Morgan fingerprint density at radius 1 is 1.03 bits per heavy atom. The van der Waals surface area contributed by atoms with Crippen molar-refractivity contribution >= 4 is 32.0 Å². The van der Waals surface area contributed by atoms with Gasteiger partial charge in [0.25, 0.3) is 5.91 Å². The third-order valence-corrected chi connectivity index (χ3v) is 7.46. The van der Waals surface area contributed by atoms with E-state index in [1.165, 1.54) is 19.2 Å². The Morgan fingerprint density at radius 2 is 1.70 bits per heavy atom. The van der Waals surface area contributed by atoms with Gasteiger partial charge in [0.15, 0.2) is 11.5 Å². The van der Waals surface area contributed by atoms with Crippen LogP contribution in [0.1, 0.15) is 41.8 Å². The van der Waals surface area contributed by atoms with Crippen LogP contribution in [0.2, 0.25) is 0 Å². The van der Waals surface area contributed by atoms with E-state index in [4.69, 9.17) is 8.92 Å². The quantitative estimate of drug-likeness (QED) is 0.256. The van der Waals surface area contributed by atoms with Crippen molar-refractivity contribution in [1.29, 1.82) is 0 Å². The third kappa shape index (κ3) is 7.04. The van der Waals surface area contributed by atoms with Gasteiger partial charge in [-0.2, -0.15) is 21.6 Å². The Morgan fingerprint density at radius 3 is 2.30 bits per heavy atom. The number of amides is 1. The number of halogens is 4. The molecular weight excluding hydrogens is 575 g/mol. The molecule has 0 aliphatic heterocycles. The predicted octanol–water partition coefficient (Wildman–Crippen LogP) is 6.69. The van der Waals surface area contributed by atoms with Crippen LogP contribution in [-0.4, -0.2) is 32.4 Å². The van der Waals surface area contributed by atoms with Gasteiger partial charge in [0.1, 0.15) is 4.90 Å². The van der Waals surface area contributed by atoms with Crippen LogP contribution >= 0.6 is 15.9 Å². The van der Waals surface area contributed by atoms with Crippen molar-refractivity contribution in [2.45, 2.75) is 43.9 Å². The zero-order chi connectivity index (χ0) is 27.4. The molecule has 0 radical (unpaired) electrons. The van der Waals surface area contributed by atoms with Crippen LogP contribution in [0, 0.1) is 0 Å². The van der Waals surface area contributed by atoms with Crippen molar-refractivity contribution in [3.63, 3.8) is 0 Å². The number of hydrogen-bond acceptors (Lipinski definition) is 5. The molecule has 3 aromatic rings. The number of hydrogen-bond donors (Lipinski definition) is 0. The number of ether oxygens (including phenoxy) is 1. The van der Waals surface area contributed by atoms with Crippen LogP contribution in [0.15, 0.2) is 76.1 Å². The van der Waals surface area contributed by atoms with Gasteiger partial charge in [0.05, 0.1) is 12.7 Å². The molecule has 0 heterocycles. The fourth-order valence-electron chi connectivity index (χ4n) is 3.48. The molecule has 0 spiro atoms. The molecule has 0 fully saturated rings. The van der Waals surface area contributed by atoms with E-state index in [-0.39, 0.29) is 30.0 Å². The Hall–Kier alpha value is -3.05. The molecule has 198 valence electrons. The minimum atomic E-state index is -4.72. The van der Waals surface area contributed by atoms with E-state index >= 15 is 0 Å². The maximum atomic E-state index is 13.3. The first-order chi connectivity index (χ1) is 17.4. The summed E-state index contributed by atoms with van der Waals surface area (Å²) in [5.41, 5.74) is -0.0880. The van der Waals surface area contributed by atoms with Gasteiger partial charge in [0.2, 0.25) is 0 Å². The lowest BCUT2D eigenvalue weighted by Gasteiger charge is -2.29. The van der Waals surface area contributed by atoms with Gasteiger partial charge in [-0.25, -0.2) is 0 Å². The molecule has 3 rings (SSSR count). The number of benzene rings is 3. The number of rotatable bonds is 9. The fraction of sp³-hybridized carbons (Fsp3) is 0.269. The molecule has 1 amide bonds. The Bertz CT molecular complexity index is 1360. The standard InChI is InChI=1S/C26H25BrF3NO5S/c1-4-17(2)31(25(32)19-9-11-21(27)12-10-19)16-18-8-13-23(35-3)24(14-18)36-37(33,34)22-7-5-6-20(15-22)26(28,29)30/h5-15,17H,4,16H2,1-3H3/t17-/m0/s1. The maximum Gasteiger partial charge on any atom is 0.416 e.